The number of aliphatic hydroxyl groups is 1. The van der Waals surface area contributed by atoms with Crippen LogP contribution in [0.15, 0.2) is 12.2 Å². The van der Waals surface area contributed by atoms with Crippen molar-refractivity contribution in [1.82, 2.24) is 26.2 Å². The zero-order valence-corrected chi connectivity index (χ0v) is 30.1. The van der Waals surface area contributed by atoms with E-state index in [4.69, 9.17) is 23.7 Å². The molecule has 1 rings (SSSR count). The van der Waals surface area contributed by atoms with Crippen LogP contribution < -0.4 is 21.3 Å². The first-order chi connectivity index (χ1) is 23.1. The quantitative estimate of drug-likeness (QED) is 0.0436. The van der Waals surface area contributed by atoms with E-state index < -0.39 is 23.7 Å². The summed E-state index contributed by atoms with van der Waals surface area (Å²) in [5.41, 5.74) is -0.477. The number of carbonyl (C=O) groups is 5. The van der Waals surface area contributed by atoms with Crippen LogP contribution in [0.3, 0.4) is 0 Å². The van der Waals surface area contributed by atoms with E-state index >= 15 is 0 Å². The summed E-state index contributed by atoms with van der Waals surface area (Å²) in [6, 6.07) is 0. The number of rotatable bonds is 27. The van der Waals surface area contributed by atoms with Gasteiger partial charge in [-0.1, -0.05) is 20.8 Å². The Kier molecular flexibility index (Phi) is 21.8. The zero-order chi connectivity index (χ0) is 36.7. The molecular formula is C33H59N5O11. The molecule has 0 radical (unpaired) electrons. The van der Waals surface area contributed by atoms with Crippen LogP contribution >= 0.6 is 0 Å². The summed E-state index contributed by atoms with van der Waals surface area (Å²) in [7, 11) is 0. The second-order valence-electron chi connectivity index (χ2n) is 13.6. The molecule has 1 aliphatic heterocycles. The summed E-state index contributed by atoms with van der Waals surface area (Å²) in [5, 5.41) is 20.9. The lowest BCUT2D eigenvalue weighted by Crippen LogP contribution is -2.39. The number of carbonyl (C=O) groups excluding carboxylic acids is 5. The Balaban J connectivity index is 2.00. The lowest BCUT2D eigenvalue weighted by molar-refractivity contribution is -0.243. The second kappa shape index (κ2) is 24.2. The monoisotopic (exact) mass is 701 g/mol. The standard InChI is InChI=1S/C33H59N5O11/c1-32(2,3)21-25(22-39)48-31(49-33(4,5)6)23-47-24-34-12-9-26(40)35-13-14-36-28(42)11-17-45-19-20-46-18-15-37-27(41)10-16-38-29(43)7-8-30(38)44/h7-8,25,31,34,39H,9-24H2,1-6H3,(H,35,40)(H,36,42)(H,37,41). The Morgan fingerprint density at radius 2 is 1.33 bits per heavy atom. The molecule has 5 N–H and O–H groups in total. The number of nitrogens with zero attached hydrogens (tertiary/aromatic N) is 1. The SMILES string of the molecule is CC(C)(C)CC(CO)OC(COCNCCC(=O)NCCNC(=O)CCOCCOCCNC(=O)CCN1C(=O)C=CC1=O)OC(C)(C)C. The molecule has 0 spiro atoms. The van der Waals surface area contributed by atoms with Gasteiger partial charge in [-0.2, -0.15) is 0 Å². The van der Waals surface area contributed by atoms with Crippen LogP contribution in [0.4, 0.5) is 0 Å². The highest BCUT2D eigenvalue weighted by atomic mass is 16.7. The van der Waals surface area contributed by atoms with Gasteiger partial charge in [0.2, 0.25) is 17.7 Å². The fourth-order valence-corrected chi connectivity index (χ4v) is 4.33. The van der Waals surface area contributed by atoms with Crippen molar-refractivity contribution in [2.45, 2.75) is 85.2 Å². The average Bonchev–Trinajstić information content (AvgIpc) is 3.33. The molecule has 282 valence electrons. The van der Waals surface area contributed by atoms with Crippen LogP contribution in [0, 0.1) is 5.41 Å². The second-order valence-corrected chi connectivity index (χ2v) is 13.6. The van der Waals surface area contributed by atoms with Gasteiger partial charge in [0.15, 0.2) is 6.29 Å². The fraction of sp³-hybridized carbons (Fsp3) is 0.788. The minimum atomic E-state index is -0.654. The number of nitrogens with one attached hydrogen (secondary N) is 4. The van der Waals surface area contributed by atoms with Crippen LogP contribution in [-0.4, -0.2) is 137 Å². The first-order valence-electron chi connectivity index (χ1n) is 16.8. The molecule has 16 heteroatoms. The maximum atomic E-state index is 12.1. The lowest BCUT2D eigenvalue weighted by atomic mass is 9.89. The van der Waals surface area contributed by atoms with Gasteiger partial charge in [-0.15, -0.1) is 0 Å². The predicted molar refractivity (Wildman–Crippen MR) is 180 cm³/mol. The van der Waals surface area contributed by atoms with Gasteiger partial charge in [0.1, 0.15) is 0 Å². The van der Waals surface area contributed by atoms with E-state index in [2.05, 4.69) is 42.0 Å². The predicted octanol–water partition coefficient (Wildman–Crippen LogP) is -0.0179. The number of ether oxygens (including phenoxy) is 5. The summed E-state index contributed by atoms with van der Waals surface area (Å²) < 4.78 is 28.3. The third-order valence-corrected chi connectivity index (χ3v) is 6.51. The van der Waals surface area contributed by atoms with Gasteiger partial charge < -0.3 is 44.7 Å². The van der Waals surface area contributed by atoms with Gasteiger partial charge >= 0.3 is 0 Å². The van der Waals surface area contributed by atoms with Crippen molar-refractivity contribution < 1.29 is 52.8 Å². The van der Waals surface area contributed by atoms with Crippen molar-refractivity contribution in [2.24, 2.45) is 5.41 Å². The summed E-state index contributed by atoms with van der Waals surface area (Å²) in [6.07, 6.45) is 2.40. The van der Waals surface area contributed by atoms with Crippen molar-refractivity contribution in [3.05, 3.63) is 12.2 Å². The van der Waals surface area contributed by atoms with Crippen molar-refractivity contribution in [3.63, 3.8) is 0 Å². The van der Waals surface area contributed by atoms with Gasteiger partial charge in [0, 0.05) is 64.1 Å². The number of imide groups is 1. The molecule has 0 saturated carbocycles. The molecule has 0 bridgehead atoms. The van der Waals surface area contributed by atoms with Crippen LogP contribution in [0.5, 0.6) is 0 Å². The molecule has 0 aromatic carbocycles. The first kappa shape index (κ1) is 44.0. The maximum Gasteiger partial charge on any atom is 0.253 e. The van der Waals surface area contributed by atoms with Gasteiger partial charge in [0.05, 0.1) is 58.1 Å². The van der Waals surface area contributed by atoms with Crippen molar-refractivity contribution in [2.75, 3.05) is 79.1 Å². The average molecular weight is 702 g/mol. The Bertz CT molecular complexity index is 1030. The molecule has 2 unspecified atom stereocenters. The normalized spacial score (nSPS) is 14.6. The van der Waals surface area contributed by atoms with E-state index in [0.717, 1.165) is 4.90 Å². The van der Waals surface area contributed by atoms with Crippen molar-refractivity contribution in [3.8, 4) is 0 Å². The molecule has 0 aliphatic carbocycles. The third-order valence-electron chi connectivity index (χ3n) is 6.51. The Morgan fingerprint density at radius 1 is 0.755 bits per heavy atom. The van der Waals surface area contributed by atoms with Gasteiger partial charge in [0.25, 0.3) is 11.8 Å². The molecule has 0 saturated heterocycles. The third kappa shape index (κ3) is 23.9. The van der Waals surface area contributed by atoms with E-state index in [1.54, 1.807) is 0 Å². The number of amides is 5. The van der Waals surface area contributed by atoms with E-state index in [0.29, 0.717) is 19.5 Å². The van der Waals surface area contributed by atoms with Crippen LogP contribution in [0.1, 0.15) is 67.2 Å². The first-order valence-corrected chi connectivity index (χ1v) is 16.8. The highest BCUT2D eigenvalue weighted by Gasteiger charge is 2.26. The van der Waals surface area contributed by atoms with E-state index in [-0.39, 0.29) is 115 Å². The fourth-order valence-electron chi connectivity index (χ4n) is 4.33. The molecular weight excluding hydrogens is 642 g/mol. The molecule has 49 heavy (non-hydrogen) atoms. The molecule has 1 heterocycles. The van der Waals surface area contributed by atoms with E-state index in [1.807, 2.05) is 20.8 Å². The largest absolute Gasteiger partial charge is 0.394 e. The number of hydrogen-bond donors (Lipinski definition) is 5. The van der Waals surface area contributed by atoms with Crippen LogP contribution in [0.2, 0.25) is 0 Å². The summed E-state index contributed by atoms with van der Waals surface area (Å²) in [6.45, 7) is 14.6. The molecule has 0 aromatic rings. The maximum absolute atomic E-state index is 12.1. The topological polar surface area (TPSA) is 203 Å². The summed E-state index contributed by atoms with van der Waals surface area (Å²) in [5.74, 6) is -1.50. The van der Waals surface area contributed by atoms with Crippen LogP contribution in [0.25, 0.3) is 0 Å². The minimum Gasteiger partial charge on any atom is -0.394 e. The van der Waals surface area contributed by atoms with Gasteiger partial charge in [-0.05, 0) is 32.6 Å². The smallest absolute Gasteiger partial charge is 0.253 e. The van der Waals surface area contributed by atoms with Gasteiger partial charge in [-0.25, -0.2) is 0 Å². The molecule has 2 atom stereocenters. The van der Waals surface area contributed by atoms with Crippen LogP contribution in [-0.2, 0) is 47.7 Å². The Morgan fingerprint density at radius 3 is 1.92 bits per heavy atom. The minimum absolute atomic E-state index is 0.0170. The Hall–Kier alpha value is -2.99. The van der Waals surface area contributed by atoms with E-state index in [1.165, 1.54) is 12.2 Å². The number of aliphatic hydroxyl groups excluding tert-OH is 1. The highest BCUT2D eigenvalue weighted by molar-refractivity contribution is 6.13. The highest BCUT2D eigenvalue weighted by Crippen LogP contribution is 2.24. The zero-order valence-electron chi connectivity index (χ0n) is 30.1. The molecule has 0 fully saturated rings. The van der Waals surface area contributed by atoms with E-state index in [9.17, 15) is 29.1 Å². The molecule has 16 nitrogen and oxygen atoms in total. The lowest BCUT2D eigenvalue weighted by Gasteiger charge is -2.32. The van der Waals surface area contributed by atoms with Gasteiger partial charge in [-0.3, -0.25) is 34.2 Å². The number of hydrogen-bond acceptors (Lipinski definition) is 12. The molecule has 0 aromatic heterocycles. The summed E-state index contributed by atoms with van der Waals surface area (Å²) in [4.78, 5) is 59.8. The Labute approximate surface area is 290 Å². The molecule has 1 aliphatic rings. The van der Waals surface area contributed by atoms with Crippen molar-refractivity contribution >= 4 is 29.5 Å². The molecule has 5 amide bonds. The van der Waals surface area contributed by atoms with Crippen molar-refractivity contribution in [1.29, 1.82) is 0 Å². The summed E-state index contributed by atoms with van der Waals surface area (Å²) >= 11 is 0.